The highest BCUT2D eigenvalue weighted by atomic mass is 35.5. The van der Waals surface area contributed by atoms with Gasteiger partial charge in [0.05, 0.1) is 6.04 Å². The lowest BCUT2D eigenvalue weighted by Gasteiger charge is -2.44. The van der Waals surface area contributed by atoms with Crippen molar-refractivity contribution in [2.75, 3.05) is 20.1 Å². The fourth-order valence-electron chi connectivity index (χ4n) is 3.45. The summed E-state index contributed by atoms with van der Waals surface area (Å²) in [5, 5.41) is 3.98. The van der Waals surface area contributed by atoms with Gasteiger partial charge in [-0.2, -0.15) is 0 Å². The second-order valence-electron chi connectivity index (χ2n) is 6.44. The summed E-state index contributed by atoms with van der Waals surface area (Å²) in [4.78, 5) is 2.52. The van der Waals surface area contributed by atoms with E-state index in [1.54, 1.807) is 12.1 Å². The molecule has 0 saturated carbocycles. The van der Waals surface area contributed by atoms with E-state index in [0.29, 0.717) is 5.02 Å². The highest BCUT2D eigenvalue weighted by Crippen LogP contribution is 2.36. The average molecular weight is 313 g/mol. The predicted molar refractivity (Wildman–Crippen MR) is 87.3 cm³/mol. The Morgan fingerprint density at radius 3 is 2.38 bits per heavy atom. The molecule has 1 N–H and O–H groups in total. The van der Waals surface area contributed by atoms with Gasteiger partial charge in [0.1, 0.15) is 5.82 Å². The Balaban J connectivity index is 2.31. The third kappa shape index (κ3) is 3.77. The molecule has 0 radical (unpaired) electrons. The molecule has 1 saturated heterocycles. The topological polar surface area (TPSA) is 15.3 Å². The third-order valence-corrected chi connectivity index (χ3v) is 5.03. The summed E-state index contributed by atoms with van der Waals surface area (Å²) < 4.78 is 13.6. The van der Waals surface area contributed by atoms with Crippen molar-refractivity contribution >= 4 is 11.6 Å². The lowest BCUT2D eigenvalue weighted by Crippen LogP contribution is -2.52. The molecule has 118 valence electrons. The lowest BCUT2D eigenvalue weighted by atomic mass is 9.86. The predicted octanol–water partition coefficient (Wildman–Crippen LogP) is 4.39. The number of nitrogens with one attached hydrogen (secondary N) is 1. The summed E-state index contributed by atoms with van der Waals surface area (Å²) in [7, 11) is 1.92. The van der Waals surface area contributed by atoms with Crippen LogP contribution in [0.15, 0.2) is 18.2 Å². The minimum atomic E-state index is -0.235. The van der Waals surface area contributed by atoms with Crippen molar-refractivity contribution in [2.24, 2.45) is 0 Å². The Morgan fingerprint density at radius 2 is 1.81 bits per heavy atom. The molecule has 1 atom stereocenters. The van der Waals surface area contributed by atoms with Gasteiger partial charge < -0.3 is 5.32 Å². The highest BCUT2D eigenvalue weighted by Gasteiger charge is 2.36. The van der Waals surface area contributed by atoms with Crippen molar-refractivity contribution in [1.29, 1.82) is 0 Å². The van der Waals surface area contributed by atoms with Crippen LogP contribution in [0.3, 0.4) is 0 Å². The molecule has 2 nitrogen and oxygen atoms in total. The first kappa shape index (κ1) is 16.7. The summed E-state index contributed by atoms with van der Waals surface area (Å²) in [6, 6.07) is 4.62. The molecule has 1 aliphatic rings. The summed E-state index contributed by atoms with van der Waals surface area (Å²) in [6.45, 7) is 6.64. The van der Waals surface area contributed by atoms with Crippen LogP contribution in [0.5, 0.6) is 0 Å². The Hall–Kier alpha value is -0.640. The van der Waals surface area contributed by atoms with Crippen molar-refractivity contribution in [1.82, 2.24) is 10.2 Å². The van der Waals surface area contributed by atoms with Gasteiger partial charge in [-0.05, 0) is 70.6 Å². The first-order chi connectivity index (χ1) is 9.96. The van der Waals surface area contributed by atoms with Gasteiger partial charge in [-0.1, -0.05) is 24.4 Å². The van der Waals surface area contributed by atoms with Crippen LogP contribution in [0.1, 0.15) is 51.1 Å². The summed E-state index contributed by atoms with van der Waals surface area (Å²) in [5.41, 5.74) is 0.727. The summed E-state index contributed by atoms with van der Waals surface area (Å²) in [5.74, 6) is -0.235. The molecule has 4 heteroatoms. The maximum atomic E-state index is 13.6. The van der Waals surface area contributed by atoms with Crippen molar-refractivity contribution in [3.8, 4) is 0 Å². The van der Waals surface area contributed by atoms with Gasteiger partial charge in [0.15, 0.2) is 0 Å². The van der Waals surface area contributed by atoms with Crippen LogP contribution < -0.4 is 5.32 Å². The second-order valence-corrected chi connectivity index (χ2v) is 6.85. The molecule has 1 unspecified atom stereocenters. The number of halogens is 2. The standard InChI is InChI=1S/C17H26ClFN2/c1-17(2,21-10-6-4-5-7-11-21)16(20-3)14-12-13(19)8-9-15(14)18/h8-9,12,16,20H,4-7,10-11H2,1-3H3. The van der Waals surface area contributed by atoms with Gasteiger partial charge in [-0.3, -0.25) is 4.90 Å². The van der Waals surface area contributed by atoms with E-state index >= 15 is 0 Å². The Kier molecular flexibility index (Phi) is 5.64. The van der Waals surface area contributed by atoms with Crippen LogP contribution in [0.4, 0.5) is 4.39 Å². The first-order valence-electron chi connectivity index (χ1n) is 7.84. The van der Waals surface area contributed by atoms with E-state index in [0.717, 1.165) is 18.7 Å². The molecule has 21 heavy (non-hydrogen) atoms. The van der Waals surface area contributed by atoms with Crippen LogP contribution in [-0.4, -0.2) is 30.6 Å². The number of hydrogen-bond acceptors (Lipinski definition) is 2. The van der Waals surface area contributed by atoms with Crippen LogP contribution in [0.25, 0.3) is 0 Å². The smallest absolute Gasteiger partial charge is 0.123 e. The SMILES string of the molecule is CNC(c1cc(F)ccc1Cl)C(C)(C)N1CCCCCC1. The van der Waals surface area contributed by atoms with E-state index in [1.807, 2.05) is 7.05 Å². The highest BCUT2D eigenvalue weighted by molar-refractivity contribution is 6.31. The van der Waals surface area contributed by atoms with E-state index < -0.39 is 0 Å². The number of benzene rings is 1. The van der Waals surface area contributed by atoms with E-state index in [-0.39, 0.29) is 17.4 Å². The molecule has 0 aromatic heterocycles. The number of rotatable bonds is 4. The number of hydrogen-bond donors (Lipinski definition) is 1. The minimum Gasteiger partial charge on any atom is -0.311 e. The van der Waals surface area contributed by atoms with Crippen molar-refractivity contribution in [3.63, 3.8) is 0 Å². The lowest BCUT2D eigenvalue weighted by molar-refractivity contribution is 0.0864. The maximum absolute atomic E-state index is 13.6. The van der Waals surface area contributed by atoms with Crippen molar-refractivity contribution in [2.45, 2.75) is 51.1 Å². The van der Waals surface area contributed by atoms with Gasteiger partial charge in [-0.25, -0.2) is 4.39 Å². The van der Waals surface area contributed by atoms with Crippen LogP contribution >= 0.6 is 11.6 Å². The van der Waals surface area contributed by atoms with Gasteiger partial charge >= 0.3 is 0 Å². The molecule has 1 fully saturated rings. The van der Waals surface area contributed by atoms with Crippen LogP contribution in [-0.2, 0) is 0 Å². The first-order valence-corrected chi connectivity index (χ1v) is 8.22. The van der Waals surface area contributed by atoms with Gasteiger partial charge in [0.2, 0.25) is 0 Å². The van der Waals surface area contributed by atoms with E-state index in [4.69, 9.17) is 11.6 Å². The Bertz CT molecular complexity index is 468. The Labute approximate surface area is 132 Å². The molecular formula is C17H26ClFN2. The summed E-state index contributed by atoms with van der Waals surface area (Å²) in [6.07, 6.45) is 5.07. The zero-order valence-electron chi connectivity index (χ0n) is 13.3. The van der Waals surface area contributed by atoms with Gasteiger partial charge in [0.25, 0.3) is 0 Å². The number of likely N-dealkylation sites (tertiary alicyclic amines) is 1. The van der Waals surface area contributed by atoms with E-state index in [1.165, 1.54) is 31.7 Å². The van der Waals surface area contributed by atoms with Gasteiger partial charge in [-0.15, -0.1) is 0 Å². The minimum absolute atomic E-state index is 0.00111. The molecule has 2 rings (SSSR count). The monoisotopic (exact) mass is 312 g/mol. The van der Waals surface area contributed by atoms with Gasteiger partial charge in [0, 0.05) is 10.6 Å². The number of likely N-dealkylation sites (N-methyl/N-ethyl adjacent to an activating group) is 1. The maximum Gasteiger partial charge on any atom is 0.123 e. The Morgan fingerprint density at radius 1 is 1.19 bits per heavy atom. The van der Waals surface area contributed by atoms with E-state index in [9.17, 15) is 4.39 Å². The molecular weight excluding hydrogens is 287 g/mol. The number of nitrogens with zero attached hydrogens (tertiary/aromatic N) is 1. The molecule has 0 bridgehead atoms. The quantitative estimate of drug-likeness (QED) is 0.886. The zero-order valence-corrected chi connectivity index (χ0v) is 14.0. The summed E-state index contributed by atoms with van der Waals surface area (Å²) >= 11 is 6.32. The zero-order chi connectivity index (χ0) is 15.5. The molecule has 1 aliphatic heterocycles. The fraction of sp³-hybridized carbons (Fsp3) is 0.647. The molecule has 0 aliphatic carbocycles. The molecule has 0 spiro atoms. The molecule has 1 aromatic carbocycles. The normalized spacial score (nSPS) is 19.3. The third-order valence-electron chi connectivity index (χ3n) is 4.69. The molecule has 0 amide bonds. The largest absolute Gasteiger partial charge is 0.311 e. The second kappa shape index (κ2) is 7.08. The van der Waals surface area contributed by atoms with Crippen molar-refractivity contribution < 1.29 is 4.39 Å². The fourth-order valence-corrected chi connectivity index (χ4v) is 3.68. The molecule has 1 heterocycles. The van der Waals surface area contributed by atoms with Crippen molar-refractivity contribution in [3.05, 3.63) is 34.6 Å². The molecule has 1 aromatic rings. The van der Waals surface area contributed by atoms with E-state index in [2.05, 4.69) is 24.1 Å². The van der Waals surface area contributed by atoms with Crippen LogP contribution in [0, 0.1) is 5.82 Å². The van der Waals surface area contributed by atoms with Crippen LogP contribution in [0.2, 0.25) is 5.02 Å². The average Bonchev–Trinajstić information content (AvgIpc) is 2.72.